The molecule has 1 nitrogen and oxygen atoms in total. The van der Waals surface area contributed by atoms with Gasteiger partial charge in [-0.25, -0.2) is 0 Å². The van der Waals surface area contributed by atoms with Gasteiger partial charge in [-0.3, -0.25) is 0 Å². The number of benzene rings is 1. The van der Waals surface area contributed by atoms with Crippen LogP contribution in [0.1, 0.15) is 19.4 Å². The number of hydrogen-bond donors (Lipinski definition) is 0. The molecule has 74 valence electrons. The number of aromatic nitrogens is 1. The van der Waals surface area contributed by atoms with Gasteiger partial charge in [-0.15, -0.1) is 0 Å². The van der Waals surface area contributed by atoms with Crippen molar-refractivity contribution in [3.8, 4) is 0 Å². The molecule has 0 radical (unpaired) electrons. The van der Waals surface area contributed by atoms with Crippen LogP contribution in [0.5, 0.6) is 0 Å². The van der Waals surface area contributed by atoms with Gasteiger partial charge in [0.05, 0.1) is 5.52 Å². The van der Waals surface area contributed by atoms with E-state index in [0.29, 0.717) is 0 Å². The van der Waals surface area contributed by atoms with Crippen LogP contribution in [0.25, 0.3) is 17.1 Å². The van der Waals surface area contributed by atoms with Crippen LogP contribution in [-0.2, 0) is 0 Å². The maximum absolute atomic E-state index is 3.74. The van der Waals surface area contributed by atoms with Gasteiger partial charge in [-0.1, -0.05) is 32.1 Å². The van der Waals surface area contributed by atoms with E-state index < -0.39 is 0 Å². The van der Waals surface area contributed by atoms with E-state index in [2.05, 4.69) is 37.8 Å². The zero-order valence-corrected chi connectivity index (χ0v) is 9.12. The quantitative estimate of drug-likeness (QED) is 0.634. The van der Waals surface area contributed by atoms with Crippen LogP contribution in [0.15, 0.2) is 37.0 Å². The lowest BCUT2D eigenvalue weighted by Crippen LogP contribution is -1.80. The van der Waals surface area contributed by atoms with Gasteiger partial charge in [0.1, 0.15) is 0 Å². The third-order valence-electron chi connectivity index (χ3n) is 2.07. The third-order valence-corrected chi connectivity index (χ3v) is 2.07. The maximum atomic E-state index is 3.74. The second kappa shape index (κ2) is 4.66. The Morgan fingerprint density at radius 3 is 2.57 bits per heavy atom. The number of fused-ring (bicyclic) bond motifs is 1. The van der Waals surface area contributed by atoms with Gasteiger partial charge in [0.2, 0.25) is 0 Å². The van der Waals surface area contributed by atoms with Gasteiger partial charge < -0.3 is 4.57 Å². The van der Waals surface area contributed by atoms with Crippen LogP contribution >= 0.6 is 0 Å². The van der Waals surface area contributed by atoms with Crippen molar-refractivity contribution in [1.82, 2.24) is 4.57 Å². The van der Waals surface area contributed by atoms with Crippen molar-refractivity contribution in [3.63, 3.8) is 0 Å². The molecule has 0 amide bonds. The fraction of sp³-hybridized carbons (Fsp3) is 0.231. The summed E-state index contributed by atoms with van der Waals surface area (Å²) in [5, 5.41) is 1.27. The standard InChI is InChI=1S/C11H11N.C2H6/c1-3-12-7-6-10-8-9(2)4-5-11(10)12;1-2/h3-8H,1H2,2H3;1-2H3. The predicted octanol–water partition coefficient (Wildman–Crippen LogP) is 4.08. The summed E-state index contributed by atoms with van der Waals surface area (Å²) < 4.78 is 2.02. The van der Waals surface area contributed by atoms with E-state index in [9.17, 15) is 0 Å². The summed E-state index contributed by atoms with van der Waals surface area (Å²) in [5.41, 5.74) is 2.51. The average molecular weight is 187 g/mol. The summed E-state index contributed by atoms with van der Waals surface area (Å²) in [7, 11) is 0. The first-order chi connectivity index (χ1) is 6.81. The predicted molar refractivity (Wildman–Crippen MR) is 64.4 cm³/mol. The summed E-state index contributed by atoms with van der Waals surface area (Å²) in [4.78, 5) is 0. The molecule has 1 heteroatoms. The number of hydrogen-bond acceptors (Lipinski definition) is 0. The molecule has 0 aliphatic rings. The second-order valence-corrected chi connectivity index (χ2v) is 2.97. The SMILES string of the molecule is C=Cn1ccc2cc(C)ccc21.CC. The zero-order chi connectivity index (χ0) is 10.6. The summed E-state index contributed by atoms with van der Waals surface area (Å²) in [5.74, 6) is 0. The minimum Gasteiger partial charge on any atom is -0.324 e. The lowest BCUT2D eigenvalue weighted by molar-refractivity contribution is 1.23. The molecule has 0 fully saturated rings. The van der Waals surface area contributed by atoms with Crippen molar-refractivity contribution in [3.05, 3.63) is 42.6 Å². The lowest BCUT2D eigenvalue weighted by Gasteiger charge is -1.96. The van der Waals surface area contributed by atoms with Crippen molar-refractivity contribution in [2.45, 2.75) is 20.8 Å². The van der Waals surface area contributed by atoms with Crippen LogP contribution in [-0.4, -0.2) is 4.57 Å². The average Bonchev–Trinajstić information content (AvgIpc) is 2.62. The molecular weight excluding hydrogens is 170 g/mol. The van der Waals surface area contributed by atoms with Crippen molar-refractivity contribution < 1.29 is 0 Å². The Kier molecular flexibility index (Phi) is 3.52. The molecule has 0 unspecified atom stereocenters. The Balaban J connectivity index is 0.000000461. The fourth-order valence-corrected chi connectivity index (χ4v) is 1.44. The summed E-state index contributed by atoms with van der Waals surface area (Å²) in [6.45, 7) is 9.84. The maximum Gasteiger partial charge on any atom is 0.0522 e. The highest BCUT2D eigenvalue weighted by atomic mass is 14.9. The third kappa shape index (κ3) is 1.87. The van der Waals surface area contributed by atoms with Crippen molar-refractivity contribution in [1.29, 1.82) is 0 Å². The molecule has 2 aromatic rings. The number of rotatable bonds is 1. The summed E-state index contributed by atoms with van der Waals surface area (Å²) in [6.07, 6.45) is 3.84. The topological polar surface area (TPSA) is 4.93 Å². The molecule has 0 N–H and O–H groups in total. The van der Waals surface area contributed by atoms with Crippen molar-refractivity contribution in [2.24, 2.45) is 0 Å². The van der Waals surface area contributed by atoms with Crippen molar-refractivity contribution in [2.75, 3.05) is 0 Å². The first kappa shape index (κ1) is 10.6. The monoisotopic (exact) mass is 187 g/mol. The van der Waals surface area contributed by atoms with Gasteiger partial charge in [0.15, 0.2) is 0 Å². The summed E-state index contributed by atoms with van der Waals surface area (Å²) in [6, 6.07) is 8.51. The minimum atomic E-state index is 1.22. The van der Waals surface area contributed by atoms with E-state index >= 15 is 0 Å². The molecule has 1 heterocycles. The molecule has 0 aliphatic carbocycles. The van der Waals surface area contributed by atoms with Crippen LogP contribution in [0, 0.1) is 6.92 Å². The van der Waals surface area contributed by atoms with E-state index in [1.807, 2.05) is 30.8 Å². The second-order valence-electron chi connectivity index (χ2n) is 2.97. The van der Waals surface area contributed by atoms with E-state index in [1.165, 1.54) is 16.5 Å². The van der Waals surface area contributed by atoms with Gasteiger partial charge in [-0.05, 0) is 25.1 Å². The number of nitrogens with zero attached hydrogens (tertiary/aromatic N) is 1. The molecule has 2 rings (SSSR count). The highest BCUT2D eigenvalue weighted by Gasteiger charge is 1.96. The van der Waals surface area contributed by atoms with Gasteiger partial charge in [-0.2, -0.15) is 0 Å². The Bertz CT molecular complexity index is 424. The minimum absolute atomic E-state index is 1.22. The first-order valence-electron chi connectivity index (χ1n) is 5.01. The molecule has 1 aromatic carbocycles. The Hall–Kier alpha value is -1.50. The highest BCUT2D eigenvalue weighted by Crippen LogP contribution is 2.16. The highest BCUT2D eigenvalue weighted by molar-refractivity contribution is 5.82. The van der Waals surface area contributed by atoms with E-state index in [-0.39, 0.29) is 0 Å². The fourth-order valence-electron chi connectivity index (χ4n) is 1.44. The molecule has 0 atom stereocenters. The Morgan fingerprint density at radius 2 is 1.93 bits per heavy atom. The van der Waals surface area contributed by atoms with Crippen molar-refractivity contribution >= 4 is 17.1 Å². The smallest absolute Gasteiger partial charge is 0.0522 e. The molecule has 0 aliphatic heterocycles. The first-order valence-corrected chi connectivity index (χ1v) is 5.01. The largest absolute Gasteiger partial charge is 0.324 e. The van der Waals surface area contributed by atoms with Gasteiger partial charge in [0.25, 0.3) is 0 Å². The molecule has 0 bridgehead atoms. The van der Waals surface area contributed by atoms with E-state index in [4.69, 9.17) is 0 Å². The van der Waals surface area contributed by atoms with Gasteiger partial charge >= 0.3 is 0 Å². The molecule has 1 aromatic heterocycles. The van der Waals surface area contributed by atoms with Crippen LogP contribution in [0.4, 0.5) is 0 Å². The Labute approximate surface area is 85.7 Å². The normalized spacial score (nSPS) is 9.36. The van der Waals surface area contributed by atoms with Crippen LogP contribution < -0.4 is 0 Å². The van der Waals surface area contributed by atoms with Crippen LogP contribution in [0.2, 0.25) is 0 Å². The molecule has 0 saturated heterocycles. The molecule has 0 saturated carbocycles. The lowest BCUT2D eigenvalue weighted by atomic mass is 10.2. The molecular formula is C13H17N. The number of aryl methyl sites for hydroxylation is 1. The molecule has 14 heavy (non-hydrogen) atoms. The summed E-state index contributed by atoms with van der Waals surface area (Å²) >= 11 is 0. The van der Waals surface area contributed by atoms with Crippen LogP contribution in [0.3, 0.4) is 0 Å². The van der Waals surface area contributed by atoms with Gasteiger partial charge in [0, 0.05) is 17.8 Å². The molecule has 0 spiro atoms. The van der Waals surface area contributed by atoms with E-state index in [0.717, 1.165) is 0 Å². The Morgan fingerprint density at radius 1 is 1.21 bits per heavy atom. The van der Waals surface area contributed by atoms with E-state index in [1.54, 1.807) is 0 Å². The zero-order valence-electron chi connectivity index (χ0n) is 9.12.